The van der Waals surface area contributed by atoms with Crippen LogP contribution in [0.5, 0.6) is 0 Å². The number of nitrogens with zero attached hydrogens (tertiary/aromatic N) is 4. The topological polar surface area (TPSA) is 95.9 Å². The first-order chi connectivity index (χ1) is 17.4. The zero-order valence-corrected chi connectivity index (χ0v) is 22.1. The van der Waals surface area contributed by atoms with E-state index in [1.807, 2.05) is 19.2 Å². The number of aromatic nitrogens is 4. The maximum atomic E-state index is 11.2. The fourth-order valence-electron chi connectivity index (χ4n) is 6.90. The van der Waals surface area contributed by atoms with Gasteiger partial charge in [0.15, 0.2) is 0 Å². The summed E-state index contributed by atoms with van der Waals surface area (Å²) in [4.78, 5) is 19.5. The predicted molar refractivity (Wildman–Crippen MR) is 144 cm³/mol. The fourth-order valence-corrected chi connectivity index (χ4v) is 8.01. The highest BCUT2D eigenvalue weighted by Crippen LogP contribution is 2.55. The number of anilines is 2. The van der Waals surface area contributed by atoms with Crippen LogP contribution in [-0.4, -0.2) is 42.2 Å². The number of fused-ring (bicyclic) bond motifs is 1. The molecular weight excluding hydrogens is 468 g/mol. The zero-order valence-electron chi connectivity index (χ0n) is 21.3. The maximum Gasteiger partial charge on any atom is 0.225 e. The molecular formula is C28H36N6OS. The van der Waals surface area contributed by atoms with Gasteiger partial charge in [-0.05, 0) is 89.5 Å². The summed E-state index contributed by atoms with van der Waals surface area (Å²) in [5, 5.41) is 19.7. The molecule has 0 amide bonds. The van der Waals surface area contributed by atoms with E-state index < -0.39 is 5.60 Å². The van der Waals surface area contributed by atoms with E-state index in [1.165, 1.54) is 25.7 Å². The van der Waals surface area contributed by atoms with Gasteiger partial charge in [0, 0.05) is 17.8 Å². The van der Waals surface area contributed by atoms with Gasteiger partial charge >= 0.3 is 0 Å². The number of thiazole rings is 1. The molecule has 0 radical (unpaired) electrons. The van der Waals surface area contributed by atoms with Crippen LogP contribution in [0.3, 0.4) is 0 Å². The molecule has 7 rings (SSSR count). The average molecular weight is 505 g/mol. The minimum absolute atomic E-state index is 0.216. The molecule has 0 aromatic carbocycles. The Morgan fingerprint density at radius 3 is 2.44 bits per heavy atom. The minimum Gasteiger partial charge on any atom is -0.390 e. The van der Waals surface area contributed by atoms with Gasteiger partial charge < -0.3 is 15.7 Å². The van der Waals surface area contributed by atoms with Gasteiger partial charge in [0.1, 0.15) is 16.3 Å². The second-order valence-electron chi connectivity index (χ2n) is 11.8. The average Bonchev–Trinajstić information content (AvgIpc) is 3.69. The molecule has 2 atom stereocenters. The number of hydrogen-bond acceptors (Lipinski definition) is 8. The lowest BCUT2D eigenvalue weighted by molar-refractivity contribution is -0.00994. The largest absolute Gasteiger partial charge is 0.390 e. The fraction of sp³-hybridized carbons (Fsp3) is 0.643. The molecule has 3 N–H and O–H groups in total. The van der Waals surface area contributed by atoms with Crippen LogP contribution >= 0.6 is 11.3 Å². The molecule has 3 aromatic heterocycles. The van der Waals surface area contributed by atoms with Crippen LogP contribution in [0.2, 0.25) is 0 Å². The van der Waals surface area contributed by atoms with E-state index in [2.05, 4.69) is 22.5 Å². The van der Waals surface area contributed by atoms with Crippen molar-refractivity contribution in [3.8, 4) is 10.6 Å². The summed E-state index contributed by atoms with van der Waals surface area (Å²) in [5.41, 5.74) is 3.61. The van der Waals surface area contributed by atoms with E-state index in [0.29, 0.717) is 12.0 Å². The molecule has 0 spiro atoms. The smallest absolute Gasteiger partial charge is 0.225 e. The minimum atomic E-state index is -0.465. The number of aryl methyl sites for hydroxylation is 2. The van der Waals surface area contributed by atoms with Crippen molar-refractivity contribution >= 4 is 33.3 Å². The summed E-state index contributed by atoms with van der Waals surface area (Å²) in [7, 11) is 0. The van der Waals surface area contributed by atoms with Crippen molar-refractivity contribution in [1.82, 2.24) is 19.9 Å². The highest BCUT2D eigenvalue weighted by atomic mass is 32.1. The second-order valence-corrected chi connectivity index (χ2v) is 12.9. The quantitative estimate of drug-likeness (QED) is 0.363. The van der Waals surface area contributed by atoms with Gasteiger partial charge in [-0.1, -0.05) is 12.8 Å². The van der Waals surface area contributed by atoms with E-state index in [4.69, 9.17) is 15.0 Å². The Bertz CT molecular complexity index is 1310. The van der Waals surface area contributed by atoms with Crippen molar-refractivity contribution < 1.29 is 5.11 Å². The molecule has 4 fully saturated rings. The first-order valence-corrected chi connectivity index (χ1v) is 14.6. The number of hydrogen-bond donors (Lipinski definition) is 3. The molecule has 4 saturated carbocycles. The second kappa shape index (κ2) is 8.35. The lowest BCUT2D eigenvalue weighted by Gasteiger charge is -2.29. The Kier molecular flexibility index (Phi) is 5.30. The van der Waals surface area contributed by atoms with E-state index in [0.717, 1.165) is 94.8 Å². The Hall–Kier alpha value is -2.32. The molecule has 0 bridgehead atoms. The van der Waals surface area contributed by atoms with Crippen molar-refractivity contribution in [2.45, 2.75) is 102 Å². The van der Waals surface area contributed by atoms with Gasteiger partial charge in [-0.3, -0.25) is 4.98 Å². The molecule has 0 saturated heterocycles. The van der Waals surface area contributed by atoms with E-state index in [9.17, 15) is 5.11 Å². The van der Waals surface area contributed by atoms with Crippen LogP contribution in [0.4, 0.5) is 11.8 Å². The molecule has 36 heavy (non-hydrogen) atoms. The first-order valence-electron chi connectivity index (χ1n) is 13.8. The number of aliphatic hydroxyl groups is 1. The number of pyridine rings is 1. The monoisotopic (exact) mass is 504 g/mol. The number of nitrogens with one attached hydrogen (secondary N) is 2. The SMILES string of the molecule is Cc1nc(NC2(C3CC3)CC2)nc(N[C@H]2CC[C@@H](C3(O)CCCC3)C2)c1-c1nc2c(C)nccc2s1. The van der Waals surface area contributed by atoms with Gasteiger partial charge in [-0.25, -0.2) is 9.97 Å². The molecule has 190 valence electrons. The van der Waals surface area contributed by atoms with Crippen LogP contribution in [0.25, 0.3) is 20.8 Å². The Morgan fingerprint density at radius 1 is 0.944 bits per heavy atom. The molecule has 3 heterocycles. The molecule has 4 aliphatic carbocycles. The van der Waals surface area contributed by atoms with Crippen LogP contribution in [0, 0.1) is 25.7 Å². The summed E-state index contributed by atoms with van der Waals surface area (Å²) in [6.45, 7) is 4.10. The third kappa shape index (κ3) is 3.97. The van der Waals surface area contributed by atoms with Crippen LogP contribution in [-0.2, 0) is 0 Å². The molecule has 0 aliphatic heterocycles. The van der Waals surface area contributed by atoms with Crippen molar-refractivity contribution in [2.24, 2.45) is 11.8 Å². The van der Waals surface area contributed by atoms with Gasteiger partial charge in [-0.15, -0.1) is 11.3 Å². The van der Waals surface area contributed by atoms with Crippen LogP contribution in [0.1, 0.15) is 82.0 Å². The summed E-state index contributed by atoms with van der Waals surface area (Å²) >= 11 is 1.69. The maximum absolute atomic E-state index is 11.2. The predicted octanol–water partition coefficient (Wildman–Crippen LogP) is 6.01. The lowest BCUT2D eigenvalue weighted by Crippen LogP contribution is -2.34. The van der Waals surface area contributed by atoms with E-state index >= 15 is 0 Å². The Labute approximate surface area is 216 Å². The van der Waals surface area contributed by atoms with E-state index in [1.54, 1.807) is 11.3 Å². The molecule has 7 nitrogen and oxygen atoms in total. The van der Waals surface area contributed by atoms with Gasteiger partial charge in [0.05, 0.1) is 27.3 Å². The van der Waals surface area contributed by atoms with Crippen molar-refractivity contribution in [3.63, 3.8) is 0 Å². The van der Waals surface area contributed by atoms with Crippen LogP contribution < -0.4 is 10.6 Å². The summed E-state index contributed by atoms with van der Waals surface area (Å²) in [6, 6.07) is 2.34. The molecule has 3 aromatic rings. The first kappa shape index (κ1) is 22.8. The Balaban J connectivity index is 1.23. The lowest BCUT2D eigenvalue weighted by atomic mass is 9.84. The summed E-state index contributed by atoms with van der Waals surface area (Å²) in [6.07, 6.45) is 14.3. The highest BCUT2D eigenvalue weighted by Gasteiger charge is 2.54. The summed E-state index contributed by atoms with van der Waals surface area (Å²) in [5.74, 6) is 2.78. The highest BCUT2D eigenvalue weighted by molar-refractivity contribution is 7.21. The normalized spacial score (nSPS) is 26.4. The standard InChI is InChI=1S/C28H36N6OS/c1-16-22(25-32-23-17(2)29-14-9-21(23)36-25)24(33-26(30-16)34-27(12-13-27)18-5-6-18)31-20-8-7-19(15-20)28(35)10-3-4-11-28/h9,14,18-20,35H,3-8,10-13,15H2,1-2H3,(H2,30,31,33,34)/t19-,20+/m1/s1. The summed E-state index contributed by atoms with van der Waals surface area (Å²) < 4.78 is 1.14. The van der Waals surface area contributed by atoms with Crippen molar-refractivity contribution in [1.29, 1.82) is 0 Å². The molecule has 4 aliphatic rings. The van der Waals surface area contributed by atoms with E-state index in [-0.39, 0.29) is 5.54 Å². The molecule has 8 heteroatoms. The number of rotatable bonds is 7. The van der Waals surface area contributed by atoms with Crippen molar-refractivity contribution in [2.75, 3.05) is 10.6 Å². The third-order valence-corrected chi connectivity index (χ3v) is 10.3. The van der Waals surface area contributed by atoms with Gasteiger partial charge in [-0.2, -0.15) is 4.98 Å². The Morgan fingerprint density at radius 2 is 1.72 bits per heavy atom. The van der Waals surface area contributed by atoms with Crippen LogP contribution in [0.15, 0.2) is 12.3 Å². The third-order valence-electron chi connectivity index (χ3n) is 9.30. The van der Waals surface area contributed by atoms with Crippen molar-refractivity contribution in [3.05, 3.63) is 23.7 Å². The zero-order chi connectivity index (χ0) is 24.5. The molecule has 0 unspecified atom stereocenters. The van der Waals surface area contributed by atoms with Gasteiger partial charge in [0.25, 0.3) is 0 Å². The van der Waals surface area contributed by atoms with Gasteiger partial charge in [0.2, 0.25) is 5.95 Å².